The van der Waals surface area contributed by atoms with E-state index in [1.54, 1.807) is 0 Å². The van der Waals surface area contributed by atoms with Crippen LogP contribution in [0.3, 0.4) is 0 Å². The first-order valence-electron chi connectivity index (χ1n) is 7.50. The molecule has 1 aliphatic carbocycles. The molecule has 0 bridgehead atoms. The Labute approximate surface area is 133 Å². The maximum Gasteiger partial charge on any atom is 0.310 e. The molecule has 0 aromatic carbocycles. The molecule has 6 heteroatoms. The van der Waals surface area contributed by atoms with Crippen molar-refractivity contribution in [3.05, 3.63) is 32.3 Å². The molecule has 0 radical (unpaired) electrons. The lowest BCUT2D eigenvalue weighted by Gasteiger charge is -2.13. The third-order valence-corrected chi connectivity index (χ3v) is 4.91. The van der Waals surface area contributed by atoms with E-state index in [0.717, 1.165) is 24.2 Å². The number of Topliss-reactive ketones (excluding diaryl/α,β-unsaturated/α-hetero) is 1. The molecule has 0 spiro atoms. The highest BCUT2D eigenvalue weighted by atomic mass is 32.1. The van der Waals surface area contributed by atoms with Gasteiger partial charge in [0.25, 0.3) is 0 Å². The largest absolute Gasteiger partial charge is 0.493 e. The van der Waals surface area contributed by atoms with Crippen molar-refractivity contribution in [3.8, 4) is 5.88 Å². The molecule has 0 saturated carbocycles. The summed E-state index contributed by atoms with van der Waals surface area (Å²) in [4.78, 5) is 24.1. The molecule has 1 aliphatic rings. The van der Waals surface area contributed by atoms with E-state index in [0.29, 0.717) is 22.9 Å². The van der Waals surface area contributed by atoms with Crippen LogP contribution in [0.15, 0.2) is 22.5 Å². The number of allylic oxidation sites excluding steroid dienone is 2. The van der Waals surface area contributed by atoms with Crippen LogP contribution >= 0.6 is 11.3 Å². The summed E-state index contributed by atoms with van der Waals surface area (Å²) < 4.78 is 1.38. The maximum atomic E-state index is 12.1. The number of aromatic hydroxyl groups is 1. The lowest BCUT2D eigenvalue weighted by Crippen LogP contribution is -2.18. The van der Waals surface area contributed by atoms with Crippen LogP contribution in [0.4, 0.5) is 0 Å². The van der Waals surface area contributed by atoms with Gasteiger partial charge < -0.3 is 10.2 Å². The molecule has 1 unspecified atom stereocenters. The van der Waals surface area contributed by atoms with Crippen LogP contribution in [0.2, 0.25) is 0 Å². The minimum atomic E-state index is -0.753. The first-order chi connectivity index (χ1) is 10.5. The SMILES string of the molecule is CCC(CC)Cn1c(O)c(C=C2C=CC(O)CC2=O)sc1=O. The van der Waals surface area contributed by atoms with Crippen LogP contribution in [-0.2, 0) is 11.3 Å². The maximum absolute atomic E-state index is 12.1. The van der Waals surface area contributed by atoms with E-state index >= 15 is 0 Å². The number of thiazole rings is 1. The van der Waals surface area contributed by atoms with E-state index in [1.165, 1.54) is 22.8 Å². The predicted molar refractivity (Wildman–Crippen MR) is 87.1 cm³/mol. The first kappa shape index (κ1) is 16.7. The standard InChI is InChI=1S/C16H21NO4S/c1-3-10(4-2)9-17-15(20)14(22-16(17)21)7-11-5-6-12(18)8-13(11)19/h5-7,10,12,18,20H,3-4,8-9H2,1-2H3. The van der Waals surface area contributed by atoms with E-state index in [-0.39, 0.29) is 23.0 Å². The average molecular weight is 323 g/mol. The van der Waals surface area contributed by atoms with Gasteiger partial charge in [0.1, 0.15) is 0 Å². The summed E-state index contributed by atoms with van der Waals surface area (Å²) >= 11 is 0.933. The van der Waals surface area contributed by atoms with Crippen molar-refractivity contribution in [2.75, 3.05) is 0 Å². The van der Waals surface area contributed by atoms with Gasteiger partial charge in [0, 0.05) is 18.5 Å². The van der Waals surface area contributed by atoms with Crippen LogP contribution in [0.5, 0.6) is 5.88 Å². The monoisotopic (exact) mass is 323 g/mol. The fraction of sp³-hybridized carbons (Fsp3) is 0.500. The van der Waals surface area contributed by atoms with Gasteiger partial charge in [-0.1, -0.05) is 50.2 Å². The number of carbonyl (C=O) groups is 1. The third kappa shape index (κ3) is 3.56. The molecule has 22 heavy (non-hydrogen) atoms. The van der Waals surface area contributed by atoms with Crippen molar-refractivity contribution in [1.29, 1.82) is 0 Å². The molecular formula is C16H21NO4S. The molecule has 2 rings (SSSR count). The number of ketones is 1. The van der Waals surface area contributed by atoms with E-state index in [2.05, 4.69) is 13.8 Å². The minimum absolute atomic E-state index is 0.0342. The fourth-order valence-corrected chi connectivity index (χ4v) is 3.27. The number of rotatable bonds is 5. The lowest BCUT2D eigenvalue weighted by atomic mass is 9.98. The minimum Gasteiger partial charge on any atom is -0.493 e. The van der Waals surface area contributed by atoms with Gasteiger partial charge in [-0.2, -0.15) is 0 Å². The van der Waals surface area contributed by atoms with Crippen molar-refractivity contribution in [1.82, 2.24) is 4.57 Å². The Morgan fingerprint density at radius 3 is 2.68 bits per heavy atom. The van der Waals surface area contributed by atoms with Gasteiger partial charge in [-0.3, -0.25) is 14.2 Å². The van der Waals surface area contributed by atoms with Crippen LogP contribution in [0.1, 0.15) is 38.0 Å². The summed E-state index contributed by atoms with van der Waals surface area (Å²) in [5.41, 5.74) is 0.400. The Morgan fingerprint density at radius 1 is 1.41 bits per heavy atom. The number of hydrogen-bond acceptors (Lipinski definition) is 5. The van der Waals surface area contributed by atoms with Crippen molar-refractivity contribution >= 4 is 23.2 Å². The summed E-state index contributed by atoms with van der Waals surface area (Å²) in [5.74, 6) is 0.0635. The first-order valence-corrected chi connectivity index (χ1v) is 8.31. The Bertz CT molecular complexity index is 664. The molecule has 0 saturated heterocycles. The summed E-state index contributed by atoms with van der Waals surface area (Å²) in [6.45, 7) is 4.60. The molecule has 1 aromatic rings. The molecule has 1 aromatic heterocycles. The average Bonchev–Trinajstić information content (AvgIpc) is 2.74. The molecule has 1 atom stereocenters. The molecule has 5 nitrogen and oxygen atoms in total. The lowest BCUT2D eigenvalue weighted by molar-refractivity contribution is -0.116. The molecular weight excluding hydrogens is 302 g/mol. The summed E-state index contributed by atoms with van der Waals surface area (Å²) in [7, 11) is 0. The highest BCUT2D eigenvalue weighted by molar-refractivity contribution is 7.10. The quantitative estimate of drug-likeness (QED) is 0.815. The summed E-state index contributed by atoms with van der Waals surface area (Å²) in [6, 6.07) is 0. The van der Waals surface area contributed by atoms with E-state index in [1.807, 2.05) is 0 Å². The van der Waals surface area contributed by atoms with E-state index in [4.69, 9.17) is 0 Å². The van der Waals surface area contributed by atoms with E-state index in [9.17, 15) is 19.8 Å². The zero-order valence-electron chi connectivity index (χ0n) is 12.8. The molecule has 0 aliphatic heterocycles. The van der Waals surface area contributed by atoms with Gasteiger partial charge in [-0.15, -0.1) is 0 Å². The number of aliphatic hydroxyl groups is 1. The fourth-order valence-electron chi connectivity index (χ4n) is 2.43. The number of hydrogen-bond donors (Lipinski definition) is 2. The second-order valence-electron chi connectivity index (χ2n) is 5.50. The number of nitrogens with zero attached hydrogens (tertiary/aromatic N) is 1. The number of aromatic nitrogens is 1. The zero-order chi connectivity index (χ0) is 16.3. The molecule has 0 fully saturated rings. The van der Waals surface area contributed by atoms with Crippen LogP contribution < -0.4 is 4.87 Å². The highest BCUT2D eigenvalue weighted by Crippen LogP contribution is 2.26. The topological polar surface area (TPSA) is 79.5 Å². The highest BCUT2D eigenvalue weighted by Gasteiger charge is 2.20. The Hall–Kier alpha value is -1.66. The number of aliphatic hydroxyl groups excluding tert-OH is 1. The smallest absolute Gasteiger partial charge is 0.310 e. The van der Waals surface area contributed by atoms with Crippen LogP contribution in [0, 0.1) is 5.92 Å². The summed E-state index contributed by atoms with van der Waals surface area (Å²) in [5, 5.41) is 19.6. The predicted octanol–water partition coefficient (Wildman–Crippen LogP) is 2.32. The molecule has 0 amide bonds. The Balaban J connectivity index is 2.32. The van der Waals surface area contributed by atoms with Crippen molar-refractivity contribution in [3.63, 3.8) is 0 Å². The van der Waals surface area contributed by atoms with Crippen molar-refractivity contribution in [2.24, 2.45) is 5.92 Å². The summed E-state index contributed by atoms with van der Waals surface area (Å²) in [6.07, 6.45) is 5.75. The van der Waals surface area contributed by atoms with Gasteiger partial charge in [-0.05, 0) is 12.0 Å². The Morgan fingerprint density at radius 2 is 2.09 bits per heavy atom. The molecule has 120 valence electrons. The van der Waals surface area contributed by atoms with Crippen molar-refractivity contribution < 1.29 is 15.0 Å². The second-order valence-corrected chi connectivity index (χ2v) is 6.50. The molecule has 1 heterocycles. The second kappa shape index (κ2) is 7.07. The third-order valence-electron chi connectivity index (χ3n) is 3.99. The molecule has 2 N–H and O–H groups in total. The number of carbonyl (C=O) groups excluding carboxylic acids is 1. The van der Waals surface area contributed by atoms with Gasteiger partial charge in [0.15, 0.2) is 5.78 Å². The van der Waals surface area contributed by atoms with Gasteiger partial charge in [0.05, 0.1) is 11.0 Å². The van der Waals surface area contributed by atoms with Gasteiger partial charge in [0.2, 0.25) is 5.88 Å². The van der Waals surface area contributed by atoms with Crippen LogP contribution in [-0.4, -0.2) is 26.7 Å². The Kier molecular flexibility index (Phi) is 5.37. The van der Waals surface area contributed by atoms with E-state index < -0.39 is 6.10 Å². The normalized spacial score (nSPS) is 20.3. The zero-order valence-corrected chi connectivity index (χ0v) is 13.6. The van der Waals surface area contributed by atoms with Gasteiger partial charge >= 0.3 is 4.87 Å². The van der Waals surface area contributed by atoms with Crippen molar-refractivity contribution in [2.45, 2.75) is 45.8 Å². The van der Waals surface area contributed by atoms with Gasteiger partial charge in [-0.25, -0.2) is 0 Å². The van der Waals surface area contributed by atoms with Crippen LogP contribution in [0.25, 0.3) is 6.08 Å².